The van der Waals surface area contributed by atoms with E-state index in [-0.39, 0.29) is 5.91 Å². The molecule has 0 radical (unpaired) electrons. The molecule has 0 aliphatic carbocycles. The first-order valence-electron chi connectivity index (χ1n) is 11.5. The van der Waals surface area contributed by atoms with Crippen LogP contribution in [0.3, 0.4) is 0 Å². The van der Waals surface area contributed by atoms with Crippen LogP contribution in [0.4, 0.5) is 5.82 Å². The van der Waals surface area contributed by atoms with Gasteiger partial charge in [-0.1, -0.05) is 72.8 Å². The Kier molecular flexibility index (Phi) is 5.35. The van der Waals surface area contributed by atoms with Gasteiger partial charge in [0, 0.05) is 36.6 Å². The molecule has 6 rings (SSSR count). The number of thiophene rings is 1. The van der Waals surface area contributed by atoms with Crippen molar-refractivity contribution in [1.82, 2.24) is 15.1 Å². The van der Waals surface area contributed by atoms with Crippen molar-refractivity contribution < 1.29 is 4.79 Å². The number of aromatic nitrogens is 2. The van der Waals surface area contributed by atoms with Crippen molar-refractivity contribution >= 4 is 33.3 Å². The van der Waals surface area contributed by atoms with Gasteiger partial charge in [-0.2, -0.15) is 5.10 Å². The second-order valence-corrected chi connectivity index (χ2v) is 9.52. The summed E-state index contributed by atoms with van der Waals surface area (Å²) in [7, 11) is 0. The fraction of sp³-hybridized carbons (Fsp3) is 0.143. The van der Waals surface area contributed by atoms with Crippen LogP contribution in [-0.4, -0.2) is 47.2 Å². The van der Waals surface area contributed by atoms with Gasteiger partial charge in [0.25, 0.3) is 5.91 Å². The number of H-pyrrole nitrogens is 1. The van der Waals surface area contributed by atoms with Crippen LogP contribution in [0.2, 0.25) is 0 Å². The average molecular weight is 465 g/mol. The summed E-state index contributed by atoms with van der Waals surface area (Å²) in [5.74, 6) is 1.14. The molecule has 0 spiro atoms. The topological polar surface area (TPSA) is 52.2 Å². The molecule has 3 aromatic carbocycles. The zero-order valence-electron chi connectivity index (χ0n) is 18.6. The van der Waals surface area contributed by atoms with Gasteiger partial charge in [0.2, 0.25) is 0 Å². The lowest BCUT2D eigenvalue weighted by Gasteiger charge is -2.35. The highest BCUT2D eigenvalue weighted by atomic mass is 32.1. The number of amides is 1. The van der Waals surface area contributed by atoms with Crippen molar-refractivity contribution in [3.8, 4) is 21.6 Å². The summed E-state index contributed by atoms with van der Waals surface area (Å²) in [6, 6.07) is 30.8. The van der Waals surface area contributed by atoms with Crippen molar-refractivity contribution in [3.05, 3.63) is 96.6 Å². The van der Waals surface area contributed by atoms with E-state index in [1.165, 1.54) is 10.4 Å². The second kappa shape index (κ2) is 8.80. The van der Waals surface area contributed by atoms with Gasteiger partial charge in [-0.3, -0.25) is 9.89 Å². The monoisotopic (exact) mass is 464 g/mol. The van der Waals surface area contributed by atoms with Gasteiger partial charge in [0.05, 0.1) is 5.39 Å². The van der Waals surface area contributed by atoms with Gasteiger partial charge in [-0.05, 0) is 34.9 Å². The highest BCUT2D eigenvalue weighted by Gasteiger charge is 2.25. The molecule has 0 atom stereocenters. The maximum absolute atomic E-state index is 13.1. The smallest absolute Gasteiger partial charge is 0.253 e. The largest absolute Gasteiger partial charge is 0.353 e. The van der Waals surface area contributed by atoms with Crippen molar-refractivity contribution in [2.75, 3.05) is 31.1 Å². The van der Waals surface area contributed by atoms with Gasteiger partial charge in [0.15, 0.2) is 0 Å². The van der Waals surface area contributed by atoms with Crippen LogP contribution in [0, 0.1) is 0 Å². The van der Waals surface area contributed by atoms with Gasteiger partial charge >= 0.3 is 0 Å². The quantitative estimate of drug-likeness (QED) is 0.359. The number of nitrogens with one attached hydrogen (secondary N) is 1. The molecule has 5 aromatic rings. The Labute approximate surface area is 202 Å². The first kappa shape index (κ1) is 20.7. The zero-order chi connectivity index (χ0) is 22.9. The predicted molar refractivity (Wildman–Crippen MR) is 139 cm³/mol. The summed E-state index contributed by atoms with van der Waals surface area (Å²) in [4.78, 5) is 19.6. The minimum atomic E-state index is 0.0934. The van der Waals surface area contributed by atoms with Gasteiger partial charge in [0.1, 0.15) is 10.6 Å². The third kappa shape index (κ3) is 3.86. The van der Waals surface area contributed by atoms with Crippen molar-refractivity contribution in [3.63, 3.8) is 0 Å². The van der Waals surface area contributed by atoms with Crippen LogP contribution < -0.4 is 4.90 Å². The molecule has 1 amide bonds. The van der Waals surface area contributed by atoms with Gasteiger partial charge in [-0.25, -0.2) is 0 Å². The SMILES string of the molecule is O=C(c1ccc(-c2ccccc2)cc1)N1CCN(c2[nH]nc3sc(-c4ccccc4)cc23)CC1. The first-order valence-corrected chi connectivity index (χ1v) is 12.3. The fourth-order valence-electron chi connectivity index (χ4n) is 4.54. The van der Waals surface area contributed by atoms with E-state index in [0.717, 1.165) is 45.8 Å². The van der Waals surface area contributed by atoms with E-state index in [2.05, 4.69) is 57.6 Å². The fourth-order valence-corrected chi connectivity index (χ4v) is 5.53. The van der Waals surface area contributed by atoms with Crippen molar-refractivity contribution in [1.29, 1.82) is 0 Å². The molecule has 5 nitrogen and oxygen atoms in total. The molecule has 0 bridgehead atoms. The van der Waals surface area contributed by atoms with Crippen molar-refractivity contribution in [2.45, 2.75) is 0 Å². The number of anilines is 1. The van der Waals surface area contributed by atoms with Gasteiger partial charge < -0.3 is 9.80 Å². The van der Waals surface area contributed by atoms with E-state index < -0.39 is 0 Å². The zero-order valence-corrected chi connectivity index (χ0v) is 19.5. The Hall–Kier alpha value is -3.90. The van der Waals surface area contributed by atoms with E-state index in [4.69, 9.17) is 0 Å². The lowest BCUT2D eigenvalue weighted by Crippen LogP contribution is -2.49. The van der Waals surface area contributed by atoms with E-state index in [0.29, 0.717) is 13.1 Å². The summed E-state index contributed by atoms with van der Waals surface area (Å²) < 4.78 is 0. The molecular formula is C28H24N4OS. The molecule has 168 valence electrons. The van der Waals surface area contributed by atoms with E-state index >= 15 is 0 Å². The van der Waals surface area contributed by atoms with E-state index in [1.807, 2.05) is 53.4 Å². The number of carbonyl (C=O) groups excluding carboxylic acids is 1. The van der Waals surface area contributed by atoms with Crippen LogP contribution in [-0.2, 0) is 0 Å². The normalized spacial score (nSPS) is 14.0. The van der Waals surface area contributed by atoms with Crippen LogP contribution >= 0.6 is 11.3 Å². The van der Waals surface area contributed by atoms with Gasteiger partial charge in [-0.15, -0.1) is 11.3 Å². The molecule has 0 unspecified atom stereocenters. The number of aromatic amines is 1. The van der Waals surface area contributed by atoms with Crippen LogP contribution in [0.5, 0.6) is 0 Å². The average Bonchev–Trinajstić information content (AvgIpc) is 3.51. The Morgan fingerprint density at radius 1 is 0.765 bits per heavy atom. The number of piperazine rings is 1. The molecule has 6 heteroatoms. The number of nitrogens with zero attached hydrogens (tertiary/aromatic N) is 3. The predicted octanol–water partition coefficient (Wildman–Crippen LogP) is 5.92. The molecule has 1 saturated heterocycles. The number of hydrogen-bond acceptors (Lipinski definition) is 4. The van der Waals surface area contributed by atoms with E-state index in [9.17, 15) is 4.79 Å². The summed E-state index contributed by atoms with van der Waals surface area (Å²) in [6.07, 6.45) is 0. The highest BCUT2D eigenvalue weighted by molar-refractivity contribution is 7.22. The Morgan fingerprint density at radius 3 is 2.06 bits per heavy atom. The van der Waals surface area contributed by atoms with Crippen LogP contribution in [0.25, 0.3) is 31.8 Å². The first-order chi connectivity index (χ1) is 16.8. The Morgan fingerprint density at radius 2 is 1.38 bits per heavy atom. The molecule has 1 aliphatic rings. The molecule has 1 aliphatic heterocycles. The van der Waals surface area contributed by atoms with E-state index in [1.54, 1.807) is 11.3 Å². The minimum Gasteiger partial charge on any atom is -0.353 e. The van der Waals surface area contributed by atoms with Crippen molar-refractivity contribution in [2.24, 2.45) is 0 Å². The maximum atomic E-state index is 13.1. The minimum absolute atomic E-state index is 0.0934. The summed E-state index contributed by atoms with van der Waals surface area (Å²) in [5.41, 5.74) is 4.23. The molecule has 3 heterocycles. The highest BCUT2D eigenvalue weighted by Crippen LogP contribution is 2.37. The lowest BCUT2D eigenvalue weighted by molar-refractivity contribution is 0.0746. The van der Waals surface area contributed by atoms with Crippen LogP contribution in [0.1, 0.15) is 10.4 Å². The Balaban J connectivity index is 1.14. The molecule has 1 N–H and O–H groups in total. The summed E-state index contributed by atoms with van der Waals surface area (Å²) in [5, 5.41) is 8.92. The maximum Gasteiger partial charge on any atom is 0.253 e. The number of rotatable bonds is 4. The second-order valence-electron chi connectivity index (χ2n) is 8.49. The third-order valence-corrected chi connectivity index (χ3v) is 7.49. The lowest BCUT2D eigenvalue weighted by atomic mass is 10.0. The summed E-state index contributed by atoms with van der Waals surface area (Å²) in [6.45, 7) is 2.94. The third-order valence-electron chi connectivity index (χ3n) is 6.41. The number of hydrogen-bond donors (Lipinski definition) is 1. The van der Waals surface area contributed by atoms with Crippen LogP contribution in [0.15, 0.2) is 91.0 Å². The number of fused-ring (bicyclic) bond motifs is 1. The molecule has 2 aromatic heterocycles. The summed E-state index contributed by atoms with van der Waals surface area (Å²) >= 11 is 1.70. The number of benzene rings is 3. The number of carbonyl (C=O) groups is 1. The standard InChI is InChI=1S/C28H24N4OS/c33-28(23-13-11-21(12-14-23)20-7-3-1-4-8-20)32-17-15-31(16-18-32)26-24-19-25(34-27(24)30-29-26)22-9-5-2-6-10-22/h1-14,19H,15-18H2,(H,29,30). The Bertz CT molecular complexity index is 1420. The molecule has 1 fully saturated rings. The molecule has 0 saturated carbocycles. The molecular weight excluding hydrogens is 440 g/mol. The molecule has 34 heavy (non-hydrogen) atoms.